The number of fused-ring (bicyclic) bond motifs is 5. The molecule has 2 aromatic rings. The Kier molecular flexibility index (Phi) is 3.71. The summed E-state index contributed by atoms with van der Waals surface area (Å²) in [6.07, 6.45) is 3.62. The average Bonchev–Trinajstić information content (AvgIpc) is 3.22. The molecule has 1 fully saturated rings. The van der Waals surface area contributed by atoms with E-state index in [-0.39, 0.29) is 11.1 Å². The molecule has 0 spiro atoms. The summed E-state index contributed by atoms with van der Waals surface area (Å²) in [4.78, 5) is 10.9. The third-order valence-electron chi connectivity index (χ3n) is 5.61. The summed E-state index contributed by atoms with van der Waals surface area (Å²) in [7, 11) is 0. The first-order valence-corrected chi connectivity index (χ1v) is 8.49. The third-order valence-corrected chi connectivity index (χ3v) is 5.61. The number of carboxylic acids is 1. The van der Waals surface area contributed by atoms with Gasteiger partial charge in [-0.1, -0.05) is 18.2 Å². The van der Waals surface area contributed by atoms with E-state index < -0.39 is 17.6 Å². The summed E-state index contributed by atoms with van der Waals surface area (Å²) in [5, 5.41) is 8.89. The van der Waals surface area contributed by atoms with Crippen molar-refractivity contribution >= 4 is 17.4 Å². The Labute approximate surface area is 144 Å². The highest BCUT2D eigenvalue weighted by Gasteiger charge is 2.36. The van der Waals surface area contributed by atoms with Crippen LogP contribution in [-0.2, 0) is 0 Å². The largest absolute Gasteiger partial charge is 0.478 e. The monoisotopic (exact) mass is 340 g/mol. The van der Waals surface area contributed by atoms with Crippen LogP contribution in [0.5, 0.6) is 0 Å². The molecule has 4 rings (SSSR count). The molecule has 2 atom stereocenters. The number of rotatable bonds is 3. The zero-order valence-electron chi connectivity index (χ0n) is 13.9. The fraction of sp³-hybridized carbons (Fsp3) is 0.286. The molecule has 128 valence electrons. The SMILES string of the molecule is C/C(=C(\F)c1ccc(C(=O)O)cc1F)c1ccc2c(c1)C1CCC2C1. The Morgan fingerprint density at radius 2 is 1.72 bits per heavy atom. The van der Waals surface area contributed by atoms with Crippen LogP contribution >= 0.6 is 0 Å². The summed E-state index contributed by atoms with van der Waals surface area (Å²) >= 11 is 0. The lowest BCUT2D eigenvalue weighted by Gasteiger charge is -2.16. The highest BCUT2D eigenvalue weighted by Crippen LogP contribution is 2.53. The molecule has 2 bridgehead atoms. The molecule has 0 heterocycles. The van der Waals surface area contributed by atoms with Crippen molar-refractivity contribution in [3.05, 3.63) is 70.0 Å². The topological polar surface area (TPSA) is 37.3 Å². The number of halogens is 2. The second kappa shape index (κ2) is 5.80. The zero-order chi connectivity index (χ0) is 17.7. The molecule has 1 N–H and O–H groups in total. The quantitative estimate of drug-likeness (QED) is 0.723. The fourth-order valence-corrected chi connectivity index (χ4v) is 4.23. The number of benzene rings is 2. The second-order valence-electron chi connectivity index (χ2n) is 6.99. The molecule has 25 heavy (non-hydrogen) atoms. The van der Waals surface area contributed by atoms with Crippen molar-refractivity contribution in [3.8, 4) is 0 Å². The van der Waals surface area contributed by atoms with Crippen molar-refractivity contribution in [1.29, 1.82) is 0 Å². The zero-order valence-corrected chi connectivity index (χ0v) is 13.9. The van der Waals surface area contributed by atoms with E-state index >= 15 is 0 Å². The Morgan fingerprint density at radius 1 is 1.04 bits per heavy atom. The van der Waals surface area contributed by atoms with Crippen LogP contribution in [0.15, 0.2) is 36.4 Å². The smallest absolute Gasteiger partial charge is 0.335 e. The van der Waals surface area contributed by atoms with Crippen molar-refractivity contribution in [2.75, 3.05) is 0 Å². The molecule has 0 aromatic heterocycles. The second-order valence-corrected chi connectivity index (χ2v) is 6.99. The summed E-state index contributed by atoms with van der Waals surface area (Å²) < 4.78 is 29.0. The van der Waals surface area contributed by atoms with E-state index in [0.29, 0.717) is 17.4 Å². The maximum atomic E-state index is 14.8. The Hall–Kier alpha value is -2.49. The van der Waals surface area contributed by atoms with Crippen LogP contribution in [-0.4, -0.2) is 11.1 Å². The van der Waals surface area contributed by atoms with E-state index in [2.05, 4.69) is 6.07 Å². The summed E-state index contributed by atoms with van der Waals surface area (Å²) in [5.41, 5.74) is 3.41. The van der Waals surface area contributed by atoms with Gasteiger partial charge in [0.05, 0.1) is 5.56 Å². The third kappa shape index (κ3) is 2.56. The minimum atomic E-state index is -1.24. The maximum absolute atomic E-state index is 14.8. The summed E-state index contributed by atoms with van der Waals surface area (Å²) in [6, 6.07) is 9.28. The molecule has 4 heteroatoms. The van der Waals surface area contributed by atoms with Gasteiger partial charge in [-0.15, -0.1) is 0 Å². The molecular formula is C21H18F2O2. The van der Waals surface area contributed by atoms with Gasteiger partial charge < -0.3 is 5.11 Å². The number of hydrogen-bond acceptors (Lipinski definition) is 1. The molecule has 2 aliphatic rings. The first-order valence-electron chi connectivity index (χ1n) is 8.49. The number of aromatic carboxylic acids is 1. The van der Waals surface area contributed by atoms with Gasteiger partial charge in [-0.05, 0) is 78.5 Å². The van der Waals surface area contributed by atoms with Gasteiger partial charge in [0.2, 0.25) is 0 Å². The first kappa shape index (κ1) is 16.0. The van der Waals surface area contributed by atoms with E-state index in [1.54, 1.807) is 6.92 Å². The maximum Gasteiger partial charge on any atom is 0.335 e. The number of allylic oxidation sites excluding steroid dienone is 1. The molecule has 0 amide bonds. The standard InChI is InChI=1S/C21H18F2O2/c1-11(20(23)17-7-5-15(21(24)25)10-19(17)22)12-4-6-16-13-2-3-14(8-13)18(16)9-12/h4-7,9-10,13-14H,2-3,8H2,1H3,(H,24,25)/b20-11+. The van der Waals surface area contributed by atoms with Crippen LogP contribution in [0.25, 0.3) is 11.4 Å². The lowest BCUT2D eigenvalue weighted by Crippen LogP contribution is -2.00. The predicted molar refractivity (Wildman–Crippen MR) is 92.7 cm³/mol. The van der Waals surface area contributed by atoms with E-state index in [1.165, 1.54) is 42.5 Å². The number of hydrogen-bond donors (Lipinski definition) is 1. The number of carbonyl (C=O) groups is 1. The lowest BCUT2D eigenvalue weighted by molar-refractivity contribution is 0.0696. The van der Waals surface area contributed by atoms with Gasteiger partial charge in [-0.25, -0.2) is 13.6 Å². The van der Waals surface area contributed by atoms with Crippen LogP contribution in [0.4, 0.5) is 8.78 Å². The van der Waals surface area contributed by atoms with Crippen molar-refractivity contribution < 1.29 is 18.7 Å². The van der Waals surface area contributed by atoms with Gasteiger partial charge in [-0.2, -0.15) is 0 Å². The van der Waals surface area contributed by atoms with E-state index in [0.717, 1.165) is 11.6 Å². The molecule has 0 radical (unpaired) electrons. The molecule has 2 aromatic carbocycles. The van der Waals surface area contributed by atoms with Crippen LogP contribution in [0, 0.1) is 5.82 Å². The van der Waals surface area contributed by atoms with Crippen molar-refractivity contribution in [1.82, 2.24) is 0 Å². The molecule has 0 aliphatic heterocycles. The highest BCUT2D eigenvalue weighted by molar-refractivity contribution is 5.90. The minimum absolute atomic E-state index is 0.194. The first-order chi connectivity index (χ1) is 12.0. The fourth-order valence-electron chi connectivity index (χ4n) is 4.23. The van der Waals surface area contributed by atoms with Crippen LogP contribution < -0.4 is 0 Å². The van der Waals surface area contributed by atoms with Gasteiger partial charge in [0.15, 0.2) is 0 Å². The van der Waals surface area contributed by atoms with Crippen LogP contribution in [0.2, 0.25) is 0 Å². The molecular weight excluding hydrogens is 322 g/mol. The Bertz CT molecular complexity index is 914. The Balaban J connectivity index is 1.73. The lowest BCUT2D eigenvalue weighted by atomic mass is 9.89. The normalized spacial score (nSPS) is 21.9. The van der Waals surface area contributed by atoms with Gasteiger partial charge >= 0.3 is 5.97 Å². The van der Waals surface area contributed by atoms with Crippen molar-refractivity contribution in [3.63, 3.8) is 0 Å². The van der Waals surface area contributed by atoms with E-state index in [9.17, 15) is 13.6 Å². The molecule has 2 nitrogen and oxygen atoms in total. The van der Waals surface area contributed by atoms with Crippen molar-refractivity contribution in [2.45, 2.75) is 38.0 Å². The minimum Gasteiger partial charge on any atom is -0.478 e. The van der Waals surface area contributed by atoms with Gasteiger partial charge in [-0.3, -0.25) is 0 Å². The van der Waals surface area contributed by atoms with Gasteiger partial charge in [0, 0.05) is 5.56 Å². The average molecular weight is 340 g/mol. The predicted octanol–water partition coefficient (Wildman–Crippen LogP) is 5.75. The highest BCUT2D eigenvalue weighted by atomic mass is 19.1. The van der Waals surface area contributed by atoms with Crippen LogP contribution in [0.1, 0.15) is 70.6 Å². The number of carboxylic acid groups (broad SMARTS) is 1. The Morgan fingerprint density at radius 3 is 2.40 bits per heavy atom. The van der Waals surface area contributed by atoms with Crippen molar-refractivity contribution in [2.24, 2.45) is 0 Å². The summed E-state index contributed by atoms with van der Waals surface area (Å²) in [6.45, 7) is 1.63. The van der Waals surface area contributed by atoms with E-state index in [4.69, 9.17) is 5.11 Å². The van der Waals surface area contributed by atoms with E-state index in [1.807, 2.05) is 12.1 Å². The van der Waals surface area contributed by atoms with Gasteiger partial charge in [0.1, 0.15) is 11.6 Å². The van der Waals surface area contributed by atoms with Gasteiger partial charge in [0.25, 0.3) is 0 Å². The summed E-state index contributed by atoms with van der Waals surface area (Å²) in [5.74, 6) is -1.54. The molecule has 0 saturated heterocycles. The molecule has 2 aliphatic carbocycles. The molecule has 2 unspecified atom stereocenters. The van der Waals surface area contributed by atoms with Crippen LogP contribution in [0.3, 0.4) is 0 Å². The molecule has 1 saturated carbocycles.